The van der Waals surface area contributed by atoms with Gasteiger partial charge in [0.15, 0.2) is 0 Å². The Kier molecular flexibility index (Phi) is 3.92. The largest absolute Gasteiger partial charge is 0.467 e. The number of hydrogen-bond acceptors (Lipinski definition) is 6. The molecule has 0 atom stereocenters. The van der Waals surface area contributed by atoms with E-state index in [1.54, 1.807) is 12.1 Å². The maximum absolute atomic E-state index is 6.11. The standard InChI is InChI=1S/C11H11Cl2N5O/c1-5-3-7(13)8(4-6(5)12)15-10-16-9(14)17-11(18-10)19-2/h3-4H,1-2H3,(H3,14,15,16,17,18). The summed E-state index contributed by atoms with van der Waals surface area (Å²) in [7, 11) is 1.44. The Hall–Kier alpha value is -1.79. The van der Waals surface area contributed by atoms with E-state index in [9.17, 15) is 0 Å². The van der Waals surface area contributed by atoms with Crippen LogP contribution in [0.1, 0.15) is 5.56 Å². The lowest BCUT2D eigenvalue weighted by atomic mass is 10.2. The number of nitrogens with two attached hydrogens (primary N) is 1. The third kappa shape index (κ3) is 3.15. The van der Waals surface area contributed by atoms with Gasteiger partial charge in [-0.2, -0.15) is 15.0 Å². The van der Waals surface area contributed by atoms with Gasteiger partial charge >= 0.3 is 6.01 Å². The highest BCUT2D eigenvalue weighted by molar-refractivity contribution is 6.35. The SMILES string of the molecule is COc1nc(N)nc(Nc2cc(Cl)c(C)cc2Cl)n1. The number of anilines is 3. The molecular formula is C11H11Cl2N5O. The van der Waals surface area contributed by atoms with Gasteiger partial charge in [0, 0.05) is 5.02 Å². The molecule has 0 spiro atoms. The first-order chi connectivity index (χ1) is 8.99. The molecule has 0 saturated heterocycles. The van der Waals surface area contributed by atoms with Gasteiger partial charge in [0.1, 0.15) is 0 Å². The normalized spacial score (nSPS) is 10.3. The lowest BCUT2D eigenvalue weighted by Gasteiger charge is -2.09. The average Bonchev–Trinajstić information content (AvgIpc) is 2.35. The fourth-order valence-corrected chi connectivity index (χ4v) is 1.81. The second-order valence-electron chi connectivity index (χ2n) is 3.71. The van der Waals surface area contributed by atoms with E-state index in [2.05, 4.69) is 20.3 Å². The van der Waals surface area contributed by atoms with E-state index in [-0.39, 0.29) is 17.9 Å². The zero-order chi connectivity index (χ0) is 14.0. The van der Waals surface area contributed by atoms with Gasteiger partial charge in [-0.1, -0.05) is 23.2 Å². The van der Waals surface area contributed by atoms with Crippen molar-refractivity contribution in [3.8, 4) is 6.01 Å². The Morgan fingerprint density at radius 3 is 2.58 bits per heavy atom. The van der Waals surface area contributed by atoms with Gasteiger partial charge in [0.25, 0.3) is 0 Å². The number of methoxy groups -OCH3 is 1. The van der Waals surface area contributed by atoms with Gasteiger partial charge in [0.2, 0.25) is 11.9 Å². The topological polar surface area (TPSA) is 86.0 Å². The predicted molar refractivity (Wildman–Crippen MR) is 75.3 cm³/mol. The van der Waals surface area contributed by atoms with Gasteiger partial charge in [-0.15, -0.1) is 0 Å². The van der Waals surface area contributed by atoms with Crippen LogP contribution in [0.15, 0.2) is 12.1 Å². The van der Waals surface area contributed by atoms with Crippen LogP contribution >= 0.6 is 23.2 Å². The summed E-state index contributed by atoms with van der Waals surface area (Å²) in [5.41, 5.74) is 6.99. The molecule has 3 N–H and O–H groups in total. The lowest BCUT2D eigenvalue weighted by molar-refractivity contribution is 0.380. The van der Waals surface area contributed by atoms with E-state index in [0.29, 0.717) is 15.7 Å². The summed E-state index contributed by atoms with van der Waals surface area (Å²) in [6.07, 6.45) is 0. The third-order valence-corrected chi connectivity index (χ3v) is 3.03. The van der Waals surface area contributed by atoms with E-state index in [1.165, 1.54) is 7.11 Å². The van der Waals surface area contributed by atoms with Crippen LogP contribution in [0.25, 0.3) is 0 Å². The van der Waals surface area contributed by atoms with E-state index in [0.717, 1.165) is 5.56 Å². The van der Waals surface area contributed by atoms with Crippen molar-refractivity contribution in [3.05, 3.63) is 27.7 Å². The number of halogens is 2. The number of ether oxygens (including phenoxy) is 1. The lowest BCUT2D eigenvalue weighted by Crippen LogP contribution is -2.05. The summed E-state index contributed by atoms with van der Waals surface area (Å²) >= 11 is 12.2. The molecule has 0 radical (unpaired) electrons. The fraction of sp³-hybridized carbons (Fsp3) is 0.182. The molecular weight excluding hydrogens is 289 g/mol. The number of aryl methyl sites for hydroxylation is 1. The van der Waals surface area contributed by atoms with Gasteiger partial charge in [-0.05, 0) is 24.6 Å². The molecule has 100 valence electrons. The highest BCUT2D eigenvalue weighted by Crippen LogP contribution is 2.30. The number of rotatable bonds is 3. The molecule has 0 aliphatic rings. The summed E-state index contributed by atoms with van der Waals surface area (Å²) < 4.78 is 4.91. The predicted octanol–water partition coefficient (Wildman–Crippen LogP) is 2.82. The molecule has 8 heteroatoms. The van der Waals surface area contributed by atoms with E-state index < -0.39 is 0 Å². The van der Waals surface area contributed by atoms with Crippen molar-refractivity contribution in [1.82, 2.24) is 15.0 Å². The minimum Gasteiger partial charge on any atom is -0.467 e. The van der Waals surface area contributed by atoms with Crippen molar-refractivity contribution in [2.24, 2.45) is 0 Å². The summed E-state index contributed by atoms with van der Waals surface area (Å²) in [5, 5.41) is 4.00. The Balaban J connectivity index is 2.36. The van der Waals surface area contributed by atoms with Crippen LogP contribution < -0.4 is 15.8 Å². The number of nitrogen functional groups attached to an aromatic ring is 1. The molecule has 0 saturated carbocycles. The quantitative estimate of drug-likeness (QED) is 0.906. The first-order valence-electron chi connectivity index (χ1n) is 5.28. The first kappa shape index (κ1) is 13.6. The summed E-state index contributed by atoms with van der Waals surface area (Å²) in [4.78, 5) is 11.7. The second kappa shape index (κ2) is 5.46. The summed E-state index contributed by atoms with van der Waals surface area (Å²) in [5.74, 6) is 0.273. The molecule has 6 nitrogen and oxygen atoms in total. The fourth-order valence-electron chi connectivity index (χ4n) is 1.38. The Morgan fingerprint density at radius 2 is 1.89 bits per heavy atom. The van der Waals surface area contributed by atoms with Crippen molar-refractivity contribution in [3.63, 3.8) is 0 Å². The smallest absolute Gasteiger partial charge is 0.322 e. The zero-order valence-electron chi connectivity index (χ0n) is 10.2. The Morgan fingerprint density at radius 1 is 1.16 bits per heavy atom. The minimum atomic E-state index is 0.0451. The number of nitrogens with one attached hydrogen (secondary N) is 1. The number of nitrogens with zero attached hydrogens (tertiary/aromatic N) is 3. The summed E-state index contributed by atoms with van der Waals surface area (Å²) in [6, 6.07) is 3.55. The van der Waals surface area contributed by atoms with E-state index in [1.807, 2.05) is 6.92 Å². The van der Waals surface area contributed by atoms with Crippen molar-refractivity contribution in [2.75, 3.05) is 18.2 Å². The van der Waals surface area contributed by atoms with Crippen molar-refractivity contribution < 1.29 is 4.74 Å². The van der Waals surface area contributed by atoms with Crippen LogP contribution in [-0.2, 0) is 0 Å². The minimum absolute atomic E-state index is 0.0451. The monoisotopic (exact) mass is 299 g/mol. The van der Waals surface area contributed by atoms with Gasteiger partial charge in [-0.3, -0.25) is 0 Å². The molecule has 0 unspecified atom stereocenters. The van der Waals surface area contributed by atoms with E-state index in [4.69, 9.17) is 33.7 Å². The highest BCUT2D eigenvalue weighted by Gasteiger charge is 2.09. The molecule has 19 heavy (non-hydrogen) atoms. The van der Waals surface area contributed by atoms with Crippen molar-refractivity contribution in [2.45, 2.75) is 6.92 Å². The highest BCUT2D eigenvalue weighted by atomic mass is 35.5. The maximum atomic E-state index is 6.11. The molecule has 1 aromatic carbocycles. The van der Waals surface area contributed by atoms with Crippen LogP contribution in [0.5, 0.6) is 6.01 Å². The van der Waals surface area contributed by atoms with Gasteiger partial charge in [0.05, 0.1) is 17.8 Å². The summed E-state index contributed by atoms with van der Waals surface area (Å²) in [6.45, 7) is 1.86. The molecule has 0 fully saturated rings. The number of hydrogen-bond donors (Lipinski definition) is 2. The molecule has 0 aliphatic carbocycles. The average molecular weight is 300 g/mol. The van der Waals surface area contributed by atoms with Crippen LogP contribution in [0.2, 0.25) is 10.0 Å². The van der Waals surface area contributed by atoms with Crippen LogP contribution in [0.4, 0.5) is 17.6 Å². The maximum Gasteiger partial charge on any atom is 0.322 e. The molecule has 1 aromatic heterocycles. The van der Waals surface area contributed by atoms with E-state index >= 15 is 0 Å². The van der Waals surface area contributed by atoms with Crippen LogP contribution in [0, 0.1) is 6.92 Å². The number of aromatic nitrogens is 3. The van der Waals surface area contributed by atoms with Gasteiger partial charge < -0.3 is 15.8 Å². The molecule has 0 bridgehead atoms. The Bertz CT molecular complexity index is 620. The molecule has 2 rings (SSSR count). The van der Waals surface area contributed by atoms with Crippen LogP contribution in [-0.4, -0.2) is 22.1 Å². The second-order valence-corrected chi connectivity index (χ2v) is 4.52. The molecule has 2 aromatic rings. The van der Waals surface area contributed by atoms with Crippen molar-refractivity contribution in [1.29, 1.82) is 0 Å². The zero-order valence-corrected chi connectivity index (χ0v) is 11.7. The van der Waals surface area contributed by atoms with Crippen LogP contribution in [0.3, 0.4) is 0 Å². The molecule has 0 aliphatic heterocycles. The van der Waals surface area contributed by atoms with Crippen molar-refractivity contribution >= 4 is 40.8 Å². The molecule has 0 amide bonds. The number of benzene rings is 1. The molecule has 1 heterocycles. The third-order valence-electron chi connectivity index (χ3n) is 2.31. The first-order valence-corrected chi connectivity index (χ1v) is 6.03. The Labute approximate surface area is 119 Å². The van der Waals surface area contributed by atoms with Gasteiger partial charge in [-0.25, -0.2) is 0 Å².